The molecule has 0 radical (unpaired) electrons. The molecule has 11 rings (SSSR count). The van der Waals surface area contributed by atoms with Crippen LogP contribution in [0.5, 0.6) is 11.5 Å². The van der Waals surface area contributed by atoms with Crippen LogP contribution in [-0.4, -0.2) is 18.9 Å². The molecule has 0 saturated heterocycles. The summed E-state index contributed by atoms with van der Waals surface area (Å²) in [4.78, 5) is 10.5. The van der Waals surface area contributed by atoms with E-state index in [9.17, 15) is 0 Å². The van der Waals surface area contributed by atoms with Crippen LogP contribution in [0.3, 0.4) is 0 Å². The zero-order chi connectivity index (χ0) is 37.7. The number of hydrogen-bond donors (Lipinski definition) is 0. The first-order valence-electron chi connectivity index (χ1n) is 19.5. The molecule has 0 saturated carbocycles. The minimum Gasteiger partial charge on any atom is -0.503 e. The van der Waals surface area contributed by atoms with Gasteiger partial charge in [0.1, 0.15) is 5.82 Å². The van der Waals surface area contributed by atoms with Crippen molar-refractivity contribution in [2.75, 3.05) is 0 Å². The molecule has 57 heavy (non-hydrogen) atoms. The Bertz CT molecular complexity index is 3170. The number of fused-ring (bicyclic) bond motifs is 11. The van der Waals surface area contributed by atoms with Gasteiger partial charge >= 0.3 is 21.1 Å². The first-order chi connectivity index (χ1) is 27.4. The van der Waals surface area contributed by atoms with E-state index in [2.05, 4.69) is 170 Å². The molecule has 0 amide bonds. The fraction of sp³-hybridized carbons (Fsp3) is 0.137. The molecule has 1 aliphatic heterocycles. The van der Waals surface area contributed by atoms with E-state index < -0.39 is 0 Å². The summed E-state index contributed by atoms with van der Waals surface area (Å²) in [6, 6.07) is 56.4. The van der Waals surface area contributed by atoms with Gasteiger partial charge in [-0.2, -0.15) is 6.07 Å². The Morgan fingerprint density at radius 1 is 0.596 bits per heavy atom. The third-order valence-electron chi connectivity index (χ3n) is 12.2. The van der Waals surface area contributed by atoms with Gasteiger partial charge in [0.05, 0.1) is 17.0 Å². The van der Waals surface area contributed by atoms with Crippen molar-refractivity contribution in [1.82, 2.24) is 18.9 Å². The SMILES string of the molecule is CC(C)C1(C(C)C)c2cccnc2-n2c3[c-]c(Oc4[c-]c5c(cc4)c4ccccc4n4c(-c6ccccc6)c(-c6ccccc6)nc54)ccc3c3cccc1c32.[Pt+2]. The van der Waals surface area contributed by atoms with Gasteiger partial charge in [-0.25, -0.2) is 4.98 Å². The van der Waals surface area contributed by atoms with Crippen molar-refractivity contribution in [1.29, 1.82) is 0 Å². The summed E-state index contributed by atoms with van der Waals surface area (Å²) in [6.45, 7) is 9.38. The number of benzene rings is 6. The third kappa shape index (κ3) is 4.98. The number of hydrogen-bond acceptors (Lipinski definition) is 3. The molecule has 4 aromatic heterocycles. The van der Waals surface area contributed by atoms with E-state index in [1.54, 1.807) is 0 Å². The topological polar surface area (TPSA) is 44.4 Å². The van der Waals surface area contributed by atoms with E-state index in [0.29, 0.717) is 23.3 Å². The van der Waals surface area contributed by atoms with Crippen LogP contribution in [0.1, 0.15) is 38.8 Å². The molecule has 5 heterocycles. The molecule has 6 heteroatoms. The van der Waals surface area contributed by atoms with Crippen molar-refractivity contribution in [2.45, 2.75) is 33.1 Å². The normalized spacial score (nSPS) is 13.2. The van der Waals surface area contributed by atoms with Crippen molar-refractivity contribution >= 4 is 49.1 Å². The zero-order valence-electron chi connectivity index (χ0n) is 32.0. The Labute approximate surface area is 345 Å². The van der Waals surface area contributed by atoms with Gasteiger partial charge in [0.2, 0.25) is 0 Å². The molecular formula is C51H38N4OPt. The van der Waals surface area contributed by atoms with Crippen LogP contribution in [0.25, 0.3) is 77.5 Å². The summed E-state index contributed by atoms with van der Waals surface area (Å²) >= 11 is 0. The maximum atomic E-state index is 6.73. The maximum Gasteiger partial charge on any atom is 2.00 e. The second kappa shape index (κ2) is 13.3. The van der Waals surface area contributed by atoms with Crippen LogP contribution in [0.4, 0.5) is 0 Å². The fourth-order valence-electron chi connectivity index (χ4n) is 9.96. The van der Waals surface area contributed by atoms with Crippen molar-refractivity contribution in [3.63, 3.8) is 0 Å². The van der Waals surface area contributed by atoms with E-state index in [1.165, 1.54) is 22.0 Å². The molecule has 0 aliphatic carbocycles. The number of ether oxygens (including phenoxy) is 1. The van der Waals surface area contributed by atoms with Gasteiger partial charge in [-0.15, -0.1) is 29.7 Å². The quantitative estimate of drug-likeness (QED) is 0.123. The monoisotopic (exact) mass is 917 g/mol. The summed E-state index contributed by atoms with van der Waals surface area (Å²) in [5.41, 5.74) is 10.6. The zero-order valence-corrected chi connectivity index (χ0v) is 34.3. The number of pyridine rings is 2. The third-order valence-corrected chi connectivity index (χ3v) is 12.2. The Kier molecular flexibility index (Phi) is 8.25. The molecule has 0 spiro atoms. The summed E-state index contributed by atoms with van der Waals surface area (Å²) in [7, 11) is 0. The van der Waals surface area contributed by atoms with E-state index >= 15 is 0 Å². The standard InChI is InChI=1S/C51H38N4O.Pt/c1-31(2)51(32(3)4)42-21-13-20-40-39-27-25-36(30-45(39)55(48(40)42)50-43(51)22-14-28-52-50)56-35-24-26-37-38-19-11-12-23-44(38)54-47(34-17-9-6-10-18-34)46(33-15-7-5-8-16-33)53-49(54)41(37)29-35;/h5-28,31-32H,1-4H3;/q-2;+2. The van der Waals surface area contributed by atoms with Gasteiger partial charge in [0.25, 0.3) is 0 Å². The minimum atomic E-state index is -0.185. The largest absolute Gasteiger partial charge is 2.00 e. The Morgan fingerprint density at radius 3 is 2.00 bits per heavy atom. The molecule has 0 bridgehead atoms. The van der Waals surface area contributed by atoms with Gasteiger partial charge in [-0.1, -0.05) is 153 Å². The van der Waals surface area contributed by atoms with Gasteiger partial charge in [-0.05, 0) is 45.9 Å². The van der Waals surface area contributed by atoms with Crippen LogP contribution in [0.15, 0.2) is 146 Å². The molecule has 0 N–H and O–H groups in total. The second-order valence-electron chi connectivity index (χ2n) is 15.6. The first kappa shape index (κ1) is 35.4. The molecule has 5 nitrogen and oxygen atoms in total. The van der Waals surface area contributed by atoms with Crippen molar-refractivity contribution in [3.05, 3.63) is 169 Å². The van der Waals surface area contributed by atoms with E-state index in [4.69, 9.17) is 14.7 Å². The summed E-state index contributed by atoms with van der Waals surface area (Å²) in [5, 5.41) is 5.42. The number of nitrogens with zero attached hydrogens (tertiary/aromatic N) is 4. The minimum absolute atomic E-state index is 0. The molecule has 10 aromatic rings. The average molecular weight is 918 g/mol. The molecule has 0 unspecified atom stereocenters. The number of rotatable bonds is 6. The van der Waals surface area contributed by atoms with Crippen LogP contribution in [0, 0.1) is 24.0 Å². The summed E-state index contributed by atoms with van der Waals surface area (Å²) in [6.07, 6.45) is 1.91. The predicted molar refractivity (Wildman–Crippen MR) is 228 cm³/mol. The van der Waals surface area contributed by atoms with Gasteiger partial charge in [0.15, 0.2) is 0 Å². The van der Waals surface area contributed by atoms with Crippen LogP contribution >= 0.6 is 0 Å². The number of aromatic nitrogens is 4. The molecule has 6 aromatic carbocycles. The van der Waals surface area contributed by atoms with Crippen molar-refractivity contribution < 1.29 is 25.8 Å². The Balaban J connectivity index is 0.00000396. The fourth-order valence-corrected chi connectivity index (χ4v) is 9.96. The van der Waals surface area contributed by atoms with Crippen molar-refractivity contribution in [2.24, 2.45) is 11.8 Å². The molecule has 1 aliphatic rings. The summed E-state index contributed by atoms with van der Waals surface area (Å²) < 4.78 is 11.3. The average Bonchev–Trinajstić information content (AvgIpc) is 3.80. The smallest absolute Gasteiger partial charge is 0.503 e. The predicted octanol–water partition coefficient (Wildman–Crippen LogP) is 12.8. The molecule has 278 valence electrons. The molecule has 0 atom stereocenters. The van der Waals surface area contributed by atoms with E-state index in [1.807, 2.05) is 24.4 Å². The molecule has 0 fully saturated rings. The maximum absolute atomic E-state index is 6.73. The van der Waals surface area contributed by atoms with Crippen LogP contribution in [0.2, 0.25) is 0 Å². The summed E-state index contributed by atoms with van der Waals surface area (Å²) in [5.74, 6) is 2.91. The van der Waals surface area contributed by atoms with E-state index in [-0.39, 0.29) is 26.5 Å². The Hall–Kier alpha value is -6.03. The van der Waals surface area contributed by atoms with Gasteiger partial charge in [-0.3, -0.25) is 4.98 Å². The Morgan fingerprint density at radius 2 is 1.25 bits per heavy atom. The van der Waals surface area contributed by atoms with Crippen molar-refractivity contribution in [3.8, 4) is 39.8 Å². The van der Waals surface area contributed by atoms with Crippen LogP contribution in [-0.2, 0) is 26.5 Å². The molecular weight excluding hydrogens is 880 g/mol. The van der Waals surface area contributed by atoms with E-state index in [0.717, 1.165) is 66.6 Å². The number of imidazole rings is 1. The van der Waals surface area contributed by atoms with Crippen LogP contribution < -0.4 is 4.74 Å². The number of para-hydroxylation sites is 2. The first-order valence-corrected chi connectivity index (χ1v) is 19.5. The second-order valence-corrected chi connectivity index (χ2v) is 15.6. The van der Waals surface area contributed by atoms with Gasteiger partial charge in [0, 0.05) is 45.3 Å². The van der Waals surface area contributed by atoms with Gasteiger partial charge < -0.3 is 13.7 Å².